The predicted molar refractivity (Wildman–Crippen MR) is 57.3 cm³/mol. The minimum Gasteiger partial charge on any atom is -0.387 e. The van der Waals surface area contributed by atoms with Crippen LogP contribution in [0.15, 0.2) is 36.8 Å². The summed E-state index contributed by atoms with van der Waals surface area (Å²) >= 11 is 0. The Hall–Kier alpha value is -1.55. The van der Waals surface area contributed by atoms with Crippen LogP contribution in [0.1, 0.15) is 18.7 Å². The number of aromatic nitrogens is 3. The molecule has 0 bridgehead atoms. The second-order valence-corrected chi connectivity index (χ2v) is 3.57. The highest BCUT2D eigenvalue weighted by Crippen LogP contribution is 2.12. The molecule has 15 heavy (non-hydrogen) atoms. The van der Waals surface area contributed by atoms with Gasteiger partial charge in [0.2, 0.25) is 0 Å². The summed E-state index contributed by atoms with van der Waals surface area (Å²) in [6.45, 7) is 3.43. The first kappa shape index (κ1) is 9.98. The lowest BCUT2D eigenvalue weighted by molar-refractivity contribution is 0.188. The summed E-state index contributed by atoms with van der Waals surface area (Å²) in [4.78, 5) is 0. The summed E-state index contributed by atoms with van der Waals surface area (Å²) in [5.41, 5.74) is 0.946. The first-order valence-corrected chi connectivity index (χ1v) is 5.08. The summed E-state index contributed by atoms with van der Waals surface area (Å²) in [7, 11) is 0. The quantitative estimate of drug-likeness (QED) is 0.820. The van der Waals surface area contributed by atoms with Gasteiger partial charge in [-0.1, -0.05) is 0 Å². The average molecular weight is 205 g/mol. The zero-order valence-electron chi connectivity index (χ0n) is 8.74. The highest BCUT2D eigenvalue weighted by Gasteiger charge is 2.05. The summed E-state index contributed by atoms with van der Waals surface area (Å²) < 4.78 is 3.93. The lowest BCUT2D eigenvalue weighted by Gasteiger charge is -2.11. The number of nitrogens with zero attached hydrogens (tertiary/aromatic N) is 3. The van der Waals surface area contributed by atoms with Gasteiger partial charge in [0.15, 0.2) is 0 Å². The molecule has 2 rings (SSSR count). The van der Waals surface area contributed by atoms with E-state index in [4.69, 9.17) is 0 Å². The number of rotatable bonds is 4. The monoisotopic (exact) mass is 205 g/mol. The van der Waals surface area contributed by atoms with E-state index in [0.717, 1.165) is 18.8 Å². The molecule has 0 aliphatic carbocycles. The molecule has 2 heterocycles. The highest BCUT2D eigenvalue weighted by molar-refractivity contribution is 5.09. The van der Waals surface area contributed by atoms with Crippen LogP contribution < -0.4 is 0 Å². The molecule has 0 saturated heterocycles. The molecule has 0 saturated carbocycles. The molecule has 0 aliphatic rings. The molecule has 0 spiro atoms. The summed E-state index contributed by atoms with van der Waals surface area (Å²) in [6, 6.07) is 5.80. The largest absolute Gasteiger partial charge is 0.387 e. The number of aliphatic hydroxyl groups excluding tert-OH is 1. The van der Waals surface area contributed by atoms with E-state index >= 15 is 0 Å². The fourth-order valence-electron chi connectivity index (χ4n) is 1.65. The van der Waals surface area contributed by atoms with Gasteiger partial charge in [0.05, 0.1) is 12.6 Å². The van der Waals surface area contributed by atoms with E-state index in [2.05, 4.69) is 5.10 Å². The van der Waals surface area contributed by atoms with E-state index in [1.54, 1.807) is 13.1 Å². The van der Waals surface area contributed by atoms with Gasteiger partial charge in [-0.3, -0.25) is 4.68 Å². The SMILES string of the molecule is CC(O)c1cccn1CCn1cccn1. The maximum atomic E-state index is 9.51. The molecule has 1 unspecified atom stereocenters. The maximum absolute atomic E-state index is 9.51. The lowest BCUT2D eigenvalue weighted by atomic mass is 10.3. The summed E-state index contributed by atoms with van der Waals surface area (Å²) in [5.74, 6) is 0. The zero-order valence-corrected chi connectivity index (χ0v) is 8.74. The second kappa shape index (κ2) is 4.31. The van der Waals surface area contributed by atoms with Crippen molar-refractivity contribution in [2.45, 2.75) is 26.1 Å². The molecule has 80 valence electrons. The van der Waals surface area contributed by atoms with E-state index in [9.17, 15) is 5.11 Å². The van der Waals surface area contributed by atoms with E-state index in [1.165, 1.54) is 0 Å². The summed E-state index contributed by atoms with van der Waals surface area (Å²) in [6.07, 6.45) is 5.26. The third-order valence-electron chi connectivity index (χ3n) is 2.42. The topological polar surface area (TPSA) is 43.0 Å². The van der Waals surface area contributed by atoms with Crippen LogP contribution in [0.5, 0.6) is 0 Å². The minimum atomic E-state index is -0.419. The summed E-state index contributed by atoms with van der Waals surface area (Å²) in [5, 5.41) is 13.6. The molecule has 2 aromatic rings. The molecule has 0 aromatic carbocycles. The Labute approximate surface area is 88.8 Å². The number of hydrogen-bond acceptors (Lipinski definition) is 2. The zero-order chi connectivity index (χ0) is 10.7. The van der Waals surface area contributed by atoms with Gasteiger partial charge in [0, 0.05) is 30.8 Å². The van der Waals surface area contributed by atoms with Crippen molar-refractivity contribution in [3.05, 3.63) is 42.5 Å². The Morgan fingerprint density at radius 1 is 1.33 bits per heavy atom. The molecule has 0 fully saturated rings. The molecular formula is C11H15N3O. The number of hydrogen-bond donors (Lipinski definition) is 1. The third kappa shape index (κ3) is 2.27. The molecule has 1 atom stereocenters. The molecule has 1 N–H and O–H groups in total. The Kier molecular flexibility index (Phi) is 2.87. The van der Waals surface area contributed by atoms with Gasteiger partial charge < -0.3 is 9.67 Å². The van der Waals surface area contributed by atoms with E-state index in [-0.39, 0.29) is 0 Å². The molecule has 0 amide bonds. The Morgan fingerprint density at radius 3 is 2.87 bits per heavy atom. The predicted octanol–water partition coefficient (Wildman–Crippen LogP) is 1.44. The highest BCUT2D eigenvalue weighted by atomic mass is 16.3. The van der Waals surface area contributed by atoms with Gasteiger partial charge >= 0.3 is 0 Å². The fraction of sp³-hybridized carbons (Fsp3) is 0.364. The van der Waals surface area contributed by atoms with Gasteiger partial charge in [0.25, 0.3) is 0 Å². The molecule has 0 aliphatic heterocycles. The normalized spacial score (nSPS) is 12.9. The van der Waals surface area contributed by atoms with E-state index < -0.39 is 6.10 Å². The van der Waals surface area contributed by atoms with Crippen molar-refractivity contribution in [2.24, 2.45) is 0 Å². The molecule has 4 nitrogen and oxygen atoms in total. The first-order valence-electron chi connectivity index (χ1n) is 5.08. The number of aliphatic hydroxyl groups is 1. The smallest absolute Gasteiger partial charge is 0.0911 e. The molecule has 4 heteroatoms. The Balaban J connectivity index is 2.02. The third-order valence-corrected chi connectivity index (χ3v) is 2.42. The Bertz CT molecular complexity index is 403. The van der Waals surface area contributed by atoms with Crippen molar-refractivity contribution in [3.8, 4) is 0 Å². The fourth-order valence-corrected chi connectivity index (χ4v) is 1.65. The van der Waals surface area contributed by atoms with E-state index in [0.29, 0.717) is 0 Å². The van der Waals surface area contributed by atoms with Crippen molar-refractivity contribution in [2.75, 3.05) is 0 Å². The van der Waals surface area contributed by atoms with Gasteiger partial charge in [-0.2, -0.15) is 5.10 Å². The second-order valence-electron chi connectivity index (χ2n) is 3.57. The van der Waals surface area contributed by atoms with Crippen LogP contribution in [0.4, 0.5) is 0 Å². The standard InChI is InChI=1S/C11H15N3O/c1-10(15)11-4-2-6-13(11)8-9-14-7-3-5-12-14/h2-7,10,15H,8-9H2,1H3. The number of aryl methyl sites for hydroxylation is 2. The first-order chi connectivity index (χ1) is 7.27. The van der Waals surface area contributed by atoms with Crippen LogP contribution in [0.25, 0.3) is 0 Å². The van der Waals surface area contributed by atoms with Crippen LogP contribution in [0.2, 0.25) is 0 Å². The van der Waals surface area contributed by atoms with Crippen molar-refractivity contribution < 1.29 is 5.11 Å². The van der Waals surface area contributed by atoms with Gasteiger partial charge in [-0.05, 0) is 25.1 Å². The van der Waals surface area contributed by atoms with Crippen molar-refractivity contribution in [3.63, 3.8) is 0 Å². The van der Waals surface area contributed by atoms with Crippen molar-refractivity contribution in [1.29, 1.82) is 0 Å². The van der Waals surface area contributed by atoms with Gasteiger partial charge in [-0.25, -0.2) is 0 Å². The lowest BCUT2D eigenvalue weighted by Crippen LogP contribution is -2.10. The van der Waals surface area contributed by atoms with Crippen LogP contribution in [-0.4, -0.2) is 19.5 Å². The molecule has 2 aromatic heterocycles. The van der Waals surface area contributed by atoms with Crippen LogP contribution in [-0.2, 0) is 13.1 Å². The average Bonchev–Trinajstić information content (AvgIpc) is 2.86. The van der Waals surface area contributed by atoms with Gasteiger partial charge in [-0.15, -0.1) is 0 Å². The van der Waals surface area contributed by atoms with Gasteiger partial charge in [0.1, 0.15) is 0 Å². The van der Waals surface area contributed by atoms with Crippen molar-refractivity contribution >= 4 is 0 Å². The molecule has 0 radical (unpaired) electrons. The molecular weight excluding hydrogens is 190 g/mol. The Morgan fingerprint density at radius 2 is 2.20 bits per heavy atom. The van der Waals surface area contributed by atoms with Crippen LogP contribution in [0, 0.1) is 0 Å². The maximum Gasteiger partial charge on any atom is 0.0911 e. The van der Waals surface area contributed by atoms with Crippen LogP contribution >= 0.6 is 0 Å². The van der Waals surface area contributed by atoms with Crippen molar-refractivity contribution in [1.82, 2.24) is 14.3 Å². The minimum absolute atomic E-state index is 0.419. The van der Waals surface area contributed by atoms with E-state index in [1.807, 2.05) is 39.8 Å². The van der Waals surface area contributed by atoms with Crippen LogP contribution in [0.3, 0.4) is 0 Å².